The van der Waals surface area contributed by atoms with E-state index in [1.165, 1.54) is 5.56 Å². The molecule has 1 aromatic rings. The average Bonchev–Trinajstić information content (AvgIpc) is 2.70. The Morgan fingerprint density at radius 1 is 1.47 bits per heavy atom. The highest BCUT2D eigenvalue weighted by molar-refractivity contribution is 5.78. The maximum atomic E-state index is 11.6. The van der Waals surface area contributed by atoms with Gasteiger partial charge in [0, 0.05) is 33.6 Å². The minimum atomic E-state index is 0.160. The van der Waals surface area contributed by atoms with Gasteiger partial charge < -0.3 is 15.5 Å². The second-order valence-corrected chi connectivity index (χ2v) is 4.63. The molecule has 2 N–H and O–H groups in total. The summed E-state index contributed by atoms with van der Waals surface area (Å²) in [5.74, 6) is 0.160. The first-order valence-electron chi connectivity index (χ1n) is 5.92. The predicted octanol–water partition coefficient (Wildman–Crippen LogP) is 1.11. The number of carbonyl (C=O) groups excluding carboxylic acids is 1. The Labute approximate surface area is 102 Å². The number of nitrogens with zero attached hydrogens (tertiary/aromatic N) is 2. The second-order valence-electron chi connectivity index (χ2n) is 4.63. The van der Waals surface area contributed by atoms with Gasteiger partial charge in [-0.3, -0.25) is 4.79 Å². The highest BCUT2D eigenvalue weighted by Gasteiger charge is 2.21. The molecule has 1 aromatic carbocycles. The number of anilines is 2. The molecule has 4 nitrogen and oxygen atoms in total. The number of fused-ring (bicyclic) bond motifs is 1. The van der Waals surface area contributed by atoms with Gasteiger partial charge in [0.1, 0.15) is 0 Å². The van der Waals surface area contributed by atoms with E-state index in [0.29, 0.717) is 6.42 Å². The zero-order valence-corrected chi connectivity index (χ0v) is 10.4. The van der Waals surface area contributed by atoms with E-state index >= 15 is 0 Å². The van der Waals surface area contributed by atoms with Gasteiger partial charge in [-0.15, -0.1) is 0 Å². The molecule has 0 spiro atoms. The summed E-state index contributed by atoms with van der Waals surface area (Å²) >= 11 is 0. The van der Waals surface area contributed by atoms with Crippen molar-refractivity contribution in [3.63, 3.8) is 0 Å². The molecule has 17 heavy (non-hydrogen) atoms. The number of nitrogens with two attached hydrogens (primary N) is 1. The molecule has 92 valence electrons. The van der Waals surface area contributed by atoms with Crippen molar-refractivity contribution < 1.29 is 4.79 Å². The van der Waals surface area contributed by atoms with Crippen LogP contribution in [0.3, 0.4) is 0 Å². The minimum absolute atomic E-state index is 0.160. The summed E-state index contributed by atoms with van der Waals surface area (Å²) in [7, 11) is 3.57. The lowest BCUT2D eigenvalue weighted by atomic mass is 10.1. The molecule has 0 radical (unpaired) electrons. The molecule has 0 fully saturated rings. The minimum Gasteiger partial charge on any atom is -0.397 e. The Kier molecular flexibility index (Phi) is 3.22. The topological polar surface area (TPSA) is 49.6 Å². The molecule has 4 heteroatoms. The van der Waals surface area contributed by atoms with Gasteiger partial charge in [0.15, 0.2) is 0 Å². The molecular formula is C13H19N3O. The lowest BCUT2D eigenvalue weighted by Crippen LogP contribution is -2.29. The van der Waals surface area contributed by atoms with Gasteiger partial charge in [0.25, 0.3) is 0 Å². The summed E-state index contributed by atoms with van der Waals surface area (Å²) in [4.78, 5) is 15.4. The van der Waals surface area contributed by atoms with Gasteiger partial charge in [0.2, 0.25) is 5.91 Å². The van der Waals surface area contributed by atoms with Crippen LogP contribution in [0.1, 0.15) is 12.0 Å². The number of rotatable bonds is 3. The Morgan fingerprint density at radius 2 is 2.24 bits per heavy atom. The molecule has 0 bridgehead atoms. The fraction of sp³-hybridized carbons (Fsp3) is 0.462. The van der Waals surface area contributed by atoms with Crippen molar-refractivity contribution in [1.82, 2.24) is 4.90 Å². The molecule has 0 saturated carbocycles. The molecule has 2 rings (SSSR count). The van der Waals surface area contributed by atoms with Gasteiger partial charge >= 0.3 is 0 Å². The number of hydrogen-bond donors (Lipinski definition) is 1. The van der Waals surface area contributed by atoms with Gasteiger partial charge in [-0.1, -0.05) is 12.1 Å². The van der Waals surface area contributed by atoms with Crippen LogP contribution in [0.2, 0.25) is 0 Å². The van der Waals surface area contributed by atoms with Gasteiger partial charge in [-0.2, -0.15) is 0 Å². The van der Waals surface area contributed by atoms with Crippen LogP contribution in [0.25, 0.3) is 0 Å². The normalized spacial score (nSPS) is 13.6. The van der Waals surface area contributed by atoms with E-state index in [1.807, 2.05) is 12.1 Å². The zero-order chi connectivity index (χ0) is 12.4. The number of amides is 1. The summed E-state index contributed by atoms with van der Waals surface area (Å²) in [5, 5.41) is 0. The lowest BCUT2D eigenvalue weighted by Gasteiger charge is -2.21. The molecule has 0 atom stereocenters. The molecule has 1 amide bonds. The summed E-state index contributed by atoms with van der Waals surface area (Å²) in [6, 6.07) is 6.02. The van der Waals surface area contributed by atoms with Crippen LogP contribution in [0.15, 0.2) is 18.2 Å². The first kappa shape index (κ1) is 11.8. The molecule has 1 aliphatic rings. The highest BCUT2D eigenvalue weighted by Crippen LogP contribution is 2.33. The molecule has 1 aliphatic heterocycles. The molecule has 1 heterocycles. The number of para-hydroxylation sites is 1. The summed E-state index contributed by atoms with van der Waals surface area (Å²) in [6.07, 6.45) is 1.57. The molecule has 0 aliphatic carbocycles. The number of carbonyl (C=O) groups is 1. The third-order valence-electron chi connectivity index (χ3n) is 3.21. The monoisotopic (exact) mass is 233 g/mol. The van der Waals surface area contributed by atoms with Crippen molar-refractivity contribution >= 4 is 17.3 Å². The quantitative estimate of drug-likeness (QED) is 0.796. The van der Waals surface area contributed by atoms with Gasteiger partial charge in [0.05, 0.1) is 11.4 Å². The van der Waals surface area contributed by atoms with Crippen molar-refractivity contribution in [2.45, 2.75) is 12.8 Å². The first-order valence-corrected chi connectivity index (χ1v) is 5.92. The molecule has 0 unspecified atom stereocenters. The molecular weight excluding hydrogens is 214 g/mol. The SMILES string of the molecule is CN(C)C(=O)CCN1CCc2cccc(N)c21. The average molecular weight is 233 g/mol. The number of hydrogen-bond acceptors (Lipinski definition) is 3. The van der Waals surface area contributed by atoms with Crippen LogP contribution in [-0.2, 0) is 11.2 Å². The van der Waals surface area contributed by atoms with E-state index in [-0.39, 0.29) is 5.91 Å². The molecule has 0 saturated heterocycles. The lowest BCUT2D eigenvalue weighted by molar-refractivity contribution is -0.128. The van der Waals surface area contributed by atoms with Crippen LogP contribution >= 0.6 is 0 Å². The largest absolute Gasteiger partial charge is 0.397 e. The van der Waals surface area contributed by atoms with E-state index in [4.69, 9.17) is 5.73 Å². The Balaban J connectivity index is 2.05. The Bertz CT molecular complexity index is 429. The third kappa shape index (κ3) is 2.35. The Hall–Kier alpha value is -1.71. The van der Waals surface area contributed by atoms with Crippen molar-refractivity contribution in [2.24, 2.45) is 0 Å². The van der Waals surface area contributed by atoms with E-state index in [2.05, 4.69) is 11.0 Å². The van der Waals surface area contributed by atoms with Crippen LogP contribution < -0.4 is 10.6 Å². The highest BCUT2D eigenvalue weighted by atomic mass is 16.2. The van der Waals surface area contributed by atoms with Crippen molar-refractivity contribution in [3.8, 4) is 0 Å². The van der Waals surface area contributed by atoms with Crippen LogP contribution in [0.5, 0.6) is 0 Å². The maximum Gasteiger partial charge on any atom is 0.223 e. The van der Waals surface area contributed by atoms with Crippen LogP contribution in [-0.4, -0.2) is 38.0 Å². The molecule has 0 aromatic heterocycles. The Morgan fingerprint density at radius 3 is 2.94 bits per heavy atom. The number of nitrogen functional groups attached to an aromatic ring is 1. The van der Waals surface area contributed by atoms with E-state index in [1.54, 1.807) is 19.0 Å². The summed E-state index contributed by atoms with van der Waals surface area (Å²) < 4.78 is 0. The fourth-order valence-corrected chi connectivity index (χ4v) is 2.24. The van der Waals surface area contributed by atoms with Crippen molar-refractivity contribution in [1.29, 1.82) is 0 Å². The summed E-state index contributed by atoms with van der Waals surface area (Å²) in [6.45, 7) is 1.71. The van der Waals surface area contributed by atoms with Crippen molar-refractivity contribution in [3.05, 3.63) is 23.8 Å². The van der Waals surface area contributed by atoms with Crippen LogP contribution in [0, 0.1) is 0 Å². The van der Waals surface area contributed by atoms with Crippen LogP contribution in [0.4, 0.5) is 11.4 Å². The van der Waals surface area contributed by atoms with E-state index in [0.717, 1.165) is 30.9 Å². The maximum absolute atomic E-state index is 11.6. The third-order valence-corrected chi connectivity index (χ3v) is 3.21. The second kappa shape index (κ2) is 4.65. The predicted molar refractivity (Wildman–Crippen MR) is 70.1 cm³/mol. The van der Waals surface area contributed by atoms with Gasteiger partial charge in [-0.25, -0.2) is 0 Å². The smallest absolute Gasteiger partial charge is 0.223 e. The van der Waals surface area contributed by atoms with Gasteiger partial charge in [-0.05, 0) is 18.1 Å². The summed E-state index contributed by atoms with van der Waals surface area (Å²) in [5.41, 5.74) is 9.23. The standard InChI is InChI=1S/C13H19N3O/c1-15(2)12(17)7-9-16-8-6-10-4-3-5-11(14)13(10)16/h3-5H,6-9,14H2,1-2H3. The van der Waals surface area contributed by atoms with E-state index in [9.17, 15) is 4.79 Å². The first-order chi connectivity index (χ1) is 8.09. The fourth-order valence-electron chi connectivity index (χ4n) is 2.24. The zero-order valence-electron chi connectivity index (χ0n) is 10.4. The van der Waals surface area contributed by atoms with Crippen molar-refractivity contribution in [2.75, 3.05) is 37.8 Å². The number of benzene rings is 1. The van der Waals surface area contributed by atoms with E-state index < -0.39 is 0 Å².